The van der Waals surface area contributed by atoms with Crippen molar-refractivity contribution in [2.24, 2.45) is 0 Å². The largest absolute Gasteiger partial charge is 0.300 e. The molecule has 0 spiro atoms. The van der Waals surface area contributed by atoms with Gasteiger partial charge in [-0.1, -0.05) is 0 Å². The van der Waals surface area contributed by atoms with Gasteiger partial charge in [0.2, 0.25) is 0 Å². The number of hydrogen-bond donors (Lipinski definition) is 1. The average molecular weight is 194 g/mol. The first kappa shape index (κ1) is 9.55. The molecular formula is C8H6N2O2S. The summed E-state index contributed by atoms with van der Waals surface area (Å²) in [6.45, 7) is 1.75. The number of hydrogen-bond acceptors (Lipinski definition) is 4. The molecule has 0 heterocycles. The van der Waals surface area contributed by atoms with Gasteiger partial charge in [-0.25, -0.2) is 0 Å². The van der Waals surface area contributed by atoms with Crippen LogP contribution in [0.1, 0.15) is 11.1 Å². The van der Waals surface area contributed by atoms with Crippen molar-refractivity contribution in [3.05, 3.63) is 33.4 Å². The number of nitro benzene ring substituents is 1. The van der Waals surface area contributed by atoms with Gasteiger partial charge in [0.25, 0.3) is 5.69 Å². The van der Waals surface area contributed by atoms with Crippen LogP contribution >= 0.6 is 12.6 Å². The molecule has 0 unspecified atom stereocenters. The Morgan fingerprint density at radius 1 is 1.62 bits per heavy atom. The zero-order chi connectivity index (χ0) is 10.0. The lowest BCUT2D eigenvalue weighted by Gasteiger charge is -1.99. The summed E-state index contributed by atoms with van der Waals surface area (Å²) in [5.41, 5.74) is 0.610. The first-order valence-electron chi connectivity index (χ1n) is 3.44. The van der Waals surface area contributed by atoms with E-state index in [2.05, 4.69) is 12.6 Å². The molecule has 0 radical (unpaired) electrons. The van der Waals surface area contributed by atoms with Crippen LogP contribution in [0.3, 0.4) is 0 Å². The highest BCUT2D eigenvalue weighted by molar-refractivity contribution is 7.80. The Balaban J connectivity index is 3.50. The van der Waals surface area contributed by atoms with Crippen molar-refractivity contribution >= 4 is 18.3 Å². The van der Waals surface area contributed by atoms with Crippen LogP contribution in [0, 0.1) is 28.4 Å². The molecule has 1 aromatic rings. The maximum atomic E-state index is 10.5. The molecule has 0 aliphatic heterocycles. The van der Waals surface area contributed by atoms with Crippen molar-refractivity contribution in [1.29, 1.82) is 5.26 Å². The summed E-state index contributed by atoms with van der Waals surface area (Å²) in [6, 6.07) is 4.80. The smallest absolute Gasteiger partial charge is 0.258 e. The van der Waals surface area contributed by atoms with Gasteiger partial charge < -0.3 is 0 Å². The van der Waals surface area contributed by atoms with E-state index >= 15 is 0 Å². The molecule has 0 saturated carbocycles. The summed E-state index contributed by atoms with van der Waals surface area (Å²) in [4.78, 5) is 10.1. The van der Waals surface area contributed by atoms with Crippen molar-refractivity contribution < 1.29 is 4.92 Å². The van der Waals surface area contributed by atoms with Crippen LogP contribution in [0.4, 0.5) is 5.69 Å². The van der Waals surface area contributed by atoms with E-state index in [1.165, 1.54) is 6.07 Å². The number of aryl methyl sites for hydroxylation is 1. The highest BCUT2D eigenvalue weighted by Gasteiger charge is 2.17. The third kappa shape index (κ3) is 1.79. The summed E-state index contributed by atoms with van der Waals surface area (Å²) in [5.74, 6) is 0. The van der Waals surface area contributed by atoms with Gasteiger partial charge in [-0.05, 0) is 24.6 Å². The fourth-order valence-corrected chi connectivity index (χ4v) is 1.44. The molecule has 0 aromatic heterocycles. The van der Waals surface area contributed by atoms with E-state index < -0.39 is 4.92 Å². The molecular weight excluding hydrogens is 188 g/mol. The van der Waals surface area contributed by atoms with E-state index in [0.29, 0.717) is 0 Å². The molecule has 0 bridgehead atoms. The summed E-state index contributed by atoms with van der Waals surface area (Å²) < 4.78 is 0. The summed E-state index contributed by atoms with van der Waals surface area (Å²) in [7, 11) is 0. The van der Waals surface area contributed by atoms with E-state index in [-0.39, 0.29) is 16.1 Å². The third-order valence-corrected chi connectivity index (χ3v) is 1.88. The maximum Gasteiger partial charge on any atom is 0.300 e. The second-order valence-electron chi connectivity index (χ2n) is 2.55. The van der Waals surface area contributed by atoms with E-state index in [1.807, 2.05) is 0 Å². The molecule has 0 fully saturated rings. The number of rotatable bonds is 1. The lowest BCUT2D eigenvalue weighted by molar-refractivity contribution is -0.388. The average Bonchev–Trinajstić information content (AvgIpc) is 2.01. The molecule has 4 nitrogen and oxygen atoms in total. The topological polar surface area (TPSA) is 66.9 Å². The Morgan fingerprint density at radius 3 is 2.69 bits per heavy atom. The van der Waals surface area contributed by atoms with Gasteiger partial charge in [0.05, 0.1) is 9.82 Å². The lowest BCUT2D eigenvalue weighted by atomic mass is 10.1. The zero-order valence-corrected chi connectivity index (χ0v) is 7.71. The van der Waals surface area contributed by atoms with Crippen molar-refractivity contribution in [3.63, 3.8) is 0 Å². The van der Waals surface area contributed by atoms with Gasteiger partial charge in [0, 0.05) is 0 Å². The molecule has 0 atom stereocenters. The molecule has 5 heteroatoms. The minimum Gasteiger partial charge on any atom is -0.258 e. The Morgan fingerprint density at radius 2 is 2.23 bits per heavy atom. The van der Waals surface area contributed by atoms with Crippen LogP contribution in [0.15, 0.2) is 17.0 Å². The predicted molar refractivity (Wildman–Crippen MR) is 49.8 cm³/mol. The molecule has 0 aliphatic rings. The minimum absolute atomic E-state index is 0.0509. The summed E-state index contributed by atoms with van der Waals surface area (Å²) in [5, 5.41) is 19.1. The summed E-state index contributed by atoms with van der Waals surface area (Å²) >= 11 is 3.94. The Hall–Kier alpha value is -1.54. The quantitative estimate of drug-likeness (QED) is 0.422. The SMILES string of the molecule is Cc1cc(S)c([N+](=O)[O-])c(C#N)c1. The number of benzene rings is 1. The van der Waals surface area contributed by atoms with Crippen LogP contribution in [-0.4, -0.2) is 4.92 Å². The highest BCUT2D eigenvalue weighted by Crippen LogP contribution is 2.27. The van der Waals surface area contributed by atoms with Crippen molar-refractivity contribution in [1.82, 2.24) is 0 Å². The third-order valence-electron chi connectivity index (χ3n) is 1.54. The number of thiol groups is 1. The molecule has 0 N–H and O–H groups in total. The molecule has 0 amide bonds. The van der Waals surface area contributed by atoms with Gasteiger partial charge >= 0.3 is 0 Å². The molecule has 66 valence electrons. The van der Waals surface area contributed by atoms with E-state index in [4.69, 9.17) is 5.26 Å². The standard InChI is InChI=1S/C8H6N2O2S/c1-5-2-6(4-9)8(10(11)12)7(13)3-5/h2-3,13H,1H3. The zero-order valence-electron chi connectivity index (χ0n) is 6.81. The normalized spacial score (nSPS) is 9.31. The lowest BCUT2D eigenvalue weighted by Crippen LogP contribution is -1.94. The van der Waals surface area contributed by atoms with Gasteiger partial charge in [-0.15, -0.1) is 12.6 Å². The molecule has 0 saturated heterocycles. The minimum atomic E-state index is -0.597. The van der Waals surface area contributed by atoms with E-state index in [9.17, 15) is 10.1 Å². The number of nitrogens with zero attached hydrogens (tertiary/aromatic N) is 2. The highest BCUT2D eigenvalue weighted by atomic mass is 32.1. The predicted octanol–water partition coefficient (Wildman–Crippen LogP) is 2.06. The Bertz CT molecular complexity index is 409. The molecule has 1 aromatic carbocycles. The Kier molecular flexibility index (Phi) is 2.54. The molecule has 1 rings (SSSR count). The molecule has 13 heavy (non-hydrogen) atoms. The first-order valence-corrected chi connectivity index (χ1v) is 3.89. The maximum absolute atomic E-state index is 10.5. The second-order valence-corrected chi connectivity index (χ2v) is 3.03. The van der Waals surface area contributed by atoms with Crippen LogP contribution in [-0.2, 0) is 0 Å². The van der Waals surface area contributed by atoms with E-state index in [0.717, 1.165) is 5.56 Å². The van der Waals surface area contributed by atoms with Crippen molar-refractivity contribution in [2.45, 2.75) is 11.8 Å². The van der Waals surface area contributed by atoms with Gasteiger partial charge in [0.1, 0.15) is 11.6 Å². The molecule has 0 aliphatic carbocycles. The number of nitriles is 1. The van der Waals surface area contributed by atoms with Gasteiger partial charge in [-0.2, -0.15) is 5.26 Å². The fraction of sp³-hybridized carbons (Fsp3) is 0.125. The van der Waals surface area contributed by atoms with Crippen molar-refractivity contribution in [3.8, 4) is 6.07 Å². The van der Waals surface area contributed by atoms with Crippen LogP contribution in [0.25, 0.3) is 0 Å². The second kappa shape index (κ2) is 3.46. The Labute approximate surface area is 80.4 Å². The van der Waals surface area contributed by atoms with Crippen LogP contribution in [0.2, 0.25) is 0 Å². The first-order chi connectivity index (χ1) is 6.06. The van der Waals surface area contributed by atoms with E-state index in [1.54, 1.807) is 19.1 Å². The monoisotopic (exact) mass is 194 g/mol. The van der Waals surface area contributed by atoms with Crippen LogP contribution in [0.5, 0.6) is 0 Å². The van der Waals surface area contributed by atoms with Crippen molar-refractivity contribution in [2.75, 3.05) is 0 Å². The van der Waals surface area contributed by atoms with Gasteiger partial charge in [0.15, 0.2) is 0 Å². The summed E-state index contributed by atoms with van der Waals surface area (Å²) in [6.07, 6.45) is 0. The fourth-order valence-electron chi connectivity index (χ4n) is 1.04. The van der Waals surface area contributed by atoms with Gasteiger partial charge in [-0.3, -0.25) is 10.1 Å². The van der Waals surface area contributed by atoms with Crippen LogP contribution < -0.4 is 0 Å². The number of nitro groups is 1.